The van der Waals surface area contributed by atoms with Gasteiger partial charge < -0.3 is 4.74 Å². The van der Waals surface area contributed by atoms with E-state index in [1.807, 2.05) is 19.1 Å². The Morgan fingerprint density at radius 2 is 2.33 bits per heavy atom. The fourth-order valence-electron chi connectivity index (χ4n) is 1.35. The van der Waals surface area contributed by atoms with Crippen LogP contribution in [0.1, 0.15) is 18.6 Å². The van der Waals surface area contributed by atoms with Gasteiger partial charge in [0.1, 0.15) is 10.7 Å². The van der Waals surface area contributed by atoms with Crippen LogP contribution < -0.4 is 0 Å². The van der Waals surface area contributed by atoms with Crippen molar-refractivity contribution in [1.29, 1.82) is 0 Å². The third-order valence-corrected chi connectivity index (χ3v) is 2.94. The van der Waals surface area contributed by atoms with E-state index in [1.165, 1.54) is 11.3 Å². The van der Waals surface area contributed by atoms with Crippen LogP contribution in [0, 0.1) is 5.38 Å². The van der Waals surface area contributed by atoms with Crippen molar-refractivity contribution in [3.05, 3.63) is 35.5 Å². The van der Waals surface area contributed by atoms with E-state index in [1.54, 1.807) is 19.5 Å². The Hall–Kier alpha value is -1.26. The minimum atomic E-state index is 0.0256. The summed E-state index contributed by atoms with van der Waals surface area (Å²) in [5.74, 6) is 0. The number of nitrogens with zero attached hydrogens (tertiary/aromatic N) is 2. The first-order valence-electron chi connectivity index (χ1n) is 4.63. The van der Waals surface area contributed by atoms with Crippen molar-refractivity contribution < 1.29 is 4.74 Å². The predicted octanol–water partition coefficient (Wildman–Crippen LogP) is 2.71. The normalized spacial score (nSPS) is 12.7. The van der Waals surface area contributed by atoms with E-state index in [0.29, 0.717) is 0 Å². The number of hydrogen-bond acceptors (Lipinski definition) is 4. The van der Waals surface area contributed by atoms with Gasteiger partial charge in [0, 0.05) is 25.1 Å². The maximum Gasteiger partial charge on any atom is 0.142 e. The van der Waals surface area contributed by atoms with Crippen LogP contribution in [0.25, 0.3) is 10.7 Å². The lowest BCUT2D eigenvalue weighted by atomic mass is 10.1. The van der Waals surface area contributed by atoms with Gasteiger partial charge in [0.15, 0.2) is 0 Å². The SMILES string of the molecule is COC(C)c1cccnc1-c1nc[c]s1. The van der Waals surface area contributed by atoms with Gasteiger partial charge in [-0.15, -0.1) is 11.3 Å². The van der Waals surface area contributed by atoms with Crippen LogP contribution >= 0.6 is 11.3 Å². The van der Waals surface area contributed by atoms with E-state index in [9.17, 15) is 0 Å². The molecule has 1 radical (unpaired) electrons. The minimum absolute atomic E-state index is 0.0256. The Morgan fingerprint density at radius 3 is 3.00 bits per heavy atom. The van der Waals surface area contributed by atoms with Crippen molar-refractivity contribution in [2.45, 2.75) is 13.0 Å². The largest absolute Gasteiger partial charge is 0.377 e. The molecule has 2 rings (SSSR count). The summed E-state index contributed by atoms with van der Waals surface area (Å²) in [5.41, 5.74) is 1.95. The third-order valence-electron chi connectivity index (χ3n) is 2.22. The van der Waals surface area contributed by atoms with Crippen LogP contribution in [0.15, 0.2) is 24.5 Å². The van der Waals surface area contributed by atoms with Crippen molar-refractivity contribution >= 4 is 11.3 Å². The maximum absolute atomic E-state index is 5.30. The Balaban J connectivity index is 2.47. The van der Waals surface area contributed by atoms with Crippen LogP contribution in [-0.2, 0) is 4.74 Å². The summed E-state index contributed by atoms with van der Waals surface area (Å²) >= 11 is 1.46. The Bertz CT molecular complexity index is 428. The number of hydrogen-bond donors (Lipinski definition) is 0. The molecule has 3 nitrogen and oxygen atoms in total. The number of ether oxygens (including phenoxy) is 1. The van der Waals surface area contributed by atoms with E-state index < -0.39 is 0 Å². The molecule has 0 aliphatic carbocycles. The molecule has 0 fully saturated rings. The molecule has 2 aromatic heterocycles. The first-order valence-corrected chi connectivity index (χ1v) is 5.44. The molecule has 15 heavy (non-hydrogen) atoms. The molecule has 0 saturated carbocycles. The zero-order valence-corrected chi connectivity index (χ0v) is 9.41. The number of thiazole rings is 1. The van der Waals surface area contributed by atoms with Gasteiger partial charge in [-0.2, -0.15) is 0 Å². The van der Waals surface area contributed by atoms with E-state index in [4.69, 9.17) is 4.74 Å². The lowest BCUT2D eigenvalue weighted by Gasteiger charge is -2.12. The van der Waals surface area contributed by atoms with Gasteiger partial charge in [0.05, 0.1) is 11.5 Å². The summed E-state index contributed by atoms with van der Waals surface area (Å²) in [5, 5.41) is 3.85. The average Bonchev–Trinajstić information content (AvgIpc) is 2.81. The molecule has 2 heterocycles. The summed E-state index contributed by atoms with van der Waals surface area (Å²) in [6, 6.07) is 3.92. The molecule has 1 atom stereocenters. The highest BCUT2D eigenvalue weighted by atomic mass is 32.1. The van der Waals surface area contributed by atoms with Crippen molar-refractivity contribution in [2.24, 2.45) is 0 Å². The molecular formula is C11H11N2OS. The number of rotatable bonds is 3. The predicted molar refractivity (Wildman–Crippen MR) is 59.6 cm³/mol. The highest BCUT2D eigenvalue weighted by molar-refractivity contribution is 7.12. The molecule has 0 aromatic carbocycles. The Morgan fingerprint density at radius 1 is 1.47 bits per heavy atom. The quantitative estimate of drug-likeness (QED) is 0.796. The second-order valence-electron chi connectivity index (χ2n) is 3.10. The molecule has 77 valence electrons. The van der Waals surface area contributed by atoms with Gasteiger partial charge in [-0.05, 0) is 13.0 Å². The third kappa shape index (κ3) is 2.06. The van der Waals surface area contributed by atoms with Gasteiger partial charge in [-0.3, -0.25) is 4.98 Å². The topological polar surface area (TPSA) is 35.0 Å². The van der Waals surface area contributed by atoms with E-state index in [0.717, 1.165) is 16.3 Å². The van der Waals surface area contributed by atoms with Crippen LogP contribution in [-0.4, -0.2) is 17.1 Å². The van der Waals surface area contributed by atoms with Crippen LogP contribution in [0.2, 0.25) is 0 Å². The first-order chi connectivity index (χ1) is 7.33. The molecule has 0 bridgehead atoms. The summed E-state index contributed by atoms with van der Waals surface area (Å²) in [7, 11) is 1.69. The Labute approximate surface area is 92.8 Å². The molecule has 4 heteroatoms. The van der Waals surface area contributed by atoms with Crippen LogP contribution in [0.4, 0.5) is 0 Å². The zero-order valence-electron chi connectivity index (χ0n) is 8.60. The van der Waals surface area contributed by atoms with Crippen molar-refractivity contribution in [3.63, 3.8) is 0 Å². The number of methoxy groups -OCH3 is 1. The van der Waals surface area contributed by atoms with E-state index in [-0.39, 0.29) is 6.10 Å². The fourth-order valence-corrected chi connectivity index (χ4v) is 1.94. The lowest BCUT2D eigenvalue weighted by molar-refractivity contribution is 0.120. The number of pyridine rings is 1. The van der Waals surface area contributed by atoms with Crippen LogP contribution in [0.5, 0.6) is 0 Å². The smallest absolute Gasteiger partial charge is 0.142 e. The molecule has 0 aliphatic heterocycles. The zero-order chi connectivity index (χ0) is 10.7. The maximum atomic E-state index is 5.30. The summed E-state index contributed by atoms with van der Waals surface area (Å²) < 4.78 is 5.30. The van der Waals surface area contributed by atoms with Gasteiger partial charge in [-0.1, -0.05) is 6.07 Å². The Kier molecular flexibility index (Phi) is 3.08. The molecule has 1 unspecified atom stereocenters. The molecule has 0 aliphatic rings. The lowest BCUT2D eigenvalue weighted by Crippen LogP contribution is -1.99. The molecular weight excluding hydrogens is 208 g/mol. The van der Waals surface area contributed by atoms with E-state index >= 15 is 0 Å². The van der Waals surface area contributed by atoms with Gasteiger partial charge in [-0.25, -0.2) is 4.98 Å². The van der Waals surface area contributed by atoms with Crippen molar-refractivity contribution in [2.75, 3.05) is 7.11 Å². The summed E-state index contributed by atoms with van der Waals surface area (Å²) in [6.45, 7) is 2.00. The van der Waals surface area contributed by atoms with Gasteiger partial charge >= 0.3 is 0 Å². The average molecular weight is 219 g/mol. The second-order valence-corrected chi connectivity index (χ2v) is 3.93. The monoisotopic (exact) mass is 219 g/mol. The van der Waals surface area contributed by atoms with Crippen molar-refractivity contribution in [3.8, 4) is 10.7 Å². The molecule has 0 spiro atoms. The fraction of sp³-hybridized carbons (Fsp3) is 0.273. The summed E-state index contributed by atoms with van der Waals surface area (Å²) in [4.78, 5) is 8.55. The second kappa shape index (κ2) is 4.51. The number of aromatic nitrogens is 2. The summed E-state index contributed by atoms with van der Waals surface area (Å²) in [6.07, 6.45) is 3.45. The highest BCUT2D eigenvalue weighted by Crippen LogP contribution is 2.28. The molecule has 0 saturated heterocycles. The molecule has 0 amide bonds. The molecule has 0 N–H and O–H groups in total. The van der Waals surface area contributed by atoms with E-state index in [2.05, 4.69) is 15.3 Å². The van der Waals surface area contributed by atoms with Crippen molar-refractivity contribution in [1.82, 2.24) is 9.97 Å². The molecule has 2 aromatic rings. The highest BCUT2D eigenvalue weighted by Gasteiger charge is 2.13. The van der Waals surface area contributed by atoms with Crippen LogP contribution in [0.3, 0.4) is 0 Å². The van der Waals surface area contributed by atoms with Gasteiger partial charge in [0.25, 0.3) is 0 Å². The first kappa shape index (κ1) is 10.3. The standard InChI is InChI=1S/C11H11N2OS/c1-8(14-2)9-4-3-5-12-10(9)11-13-6-7-15-11/h3-6,8H,1-2H3. The minimum Gasteiger partial charge on any atom is -0.377 e. The van der Waals surface area contributed by atoms with Gasteiger partial charge in [0.2, 0.25) is 0 Å².